The van der Waals surface area contributed by atoms with Crippen LogP contribution in [-0.2, 0) is 11.2 Å². The van der Waals surface area contributed by atoms with E-state index in [1.165, 1.54) is 5.56 Å². The van der Waals surface area contributed by atoms with E-state index >= 15 is 0 Å². The first-order valence-corrected chi connectivity index (χ1v) is 12.1. The summed E-state index contributed by atoms with van der Waals surface area (Å²) in [6.07, 6.45) is 10.6. The van der Waals surface area contributed by atoms with Crippen molar-refractivity contribution in [1.29, 1.82) is 0 Å². The van der Waals surface area contributed by atoms with Gasteiger partial charge in [-0.25, -0.2) is 0 Å². The summed E-state index contributed by atoms with van der Waals surface area (Å²) in [4.78, 5) is 4.61. The lowest BCUT2D eigenvalue weighted by Crippen LogP contribution is -2.60. The van der Waals surface area contributed by atoms with Gasteiger partial charge in [-0.15, -0.1) is 0 Å². The van der Waals surface area contributed by atoms with E-state index in [-0.39, 0.29) is 11.6 Å². The van der Waals surface area contributed by atoms with Gasteiger partial charge in [-0.3, -0.25) is 0 Å². The lowest BCUT2D eigenvalue weighted by atomic mass is 9.70. The molecule has 3 N–H and O–H groups in total. The van der Waals surface area contributed by atoms with Crippen LogP contribution in [0.3, 0.4) is 0 Å². The molecule has 5 aliphatic rings. The van der Waals surface area contributed by atoms with Crippen LogP contribution < -0.4 is 5.32 Å². The number of nitrogens with one attached hydrogen (secondary N) is 1. The average molecular weight is 440 g/mol. The van der Waals surface area contributed by atoms with Crippen LogP contribution in [0.15, 0.2) is 54.4 Å². The van der Waals surface area contributed by atoms with Crippen LogP contribution in [0.2, 0.25) is 0 Å². The number of benzene rings is 1. The van der Waals surface area contributed by atoms with Gasteiger partial charge in [0, 0.05) is 26.7 Å². The highest BCUT2D eigenvalue weighted by Crippen LogP contribution is 2.40. The number of methoxy groups -OCH3 is 1. The average Bonchev–Trinajstić information content (AvgIpc) is 3.20. The van der Waals surface area contributed by atoms with Crippen molar-refractivity contribution < 1.29 is 14.9 Å². The Morgan fingerprint density at radius 2 is 1.91 bits per heavy atom. The summed E-state index contributed by atoms with van der Waals surface area (Å²) < 4.78 is 5.46. The number of aliphatic hydroxyl groups is 2. The van der Waals surface area contributed by atoms with Crippen LogP contribution in [0.1, 0.15) is 31.2 Å². The summed E-state index contributed by atoms with van der Waals surface area (Å²) >= 11 is 0. The topological polar surface area (TPSA) is 68.2 Å². The Hall–Kier alpha value is -1.86. The van der Waals surface area contributed by atoms with Crippen molar-refractivity contribution in [3.8, 4) is 0 Å². The van der Waals surface area contributed by atoms with Crippen LogP contribution in [0.25, 0.3) is 0 Å². The Morgan fingerprint density at radius 1 is 1.12 bits per heavy atom. The van der Waals surface area contributed by atoms with Crippen molar-refractivity contribution in [2.75, 3.05) is 39.8 Å². The number of aliphatic hydroxyl groups excluding tert-OH is 1. The van der Waals surface area contributed by atoms with E-state index in [9.17, 15) is 10.2 Å². The first-order valence-electron chi connectivity index (χ1n) is 12.1. The monoisotopic (exact) mass is 439 g/mol. The second-order valence-electron chi connectivity index (χ2n) is 10.3. The van der Waals surface area contributed by atoms with Gasteiger partial charge in [0.25, 0.3) is 0 Å². The zero-order valence-electron chi connectivity index (χ0n) is 19.1. The predicted molar refractivity (Wildman–Crippen MR) is 125 cm³/mol. The highest BCUT2D eigenvalue weighted by atomic mass is 16.5. The Morgan fingerprint density at radius 3 is 2.56 bits per heavy atom. The normalized spacial score (nSPS) is 38.6. The number of β-amino-alcohol motifs (C(OH)–C–C–N with tert-alkyl or cyclic N) is 1. The van der Waals surface area contributed by atoms with Crippen molar-refractivity contribution in [1.82, 2.24) is 15.1 Å². The highest BCUT2D eigenvalue weighted by molar-refractivity contribution is 5.30. The number of allylic oxidation sites excluding steroid dienone is 2. The number of fused-ring (bicyclic) bond motifs is 3. The molecule has 2 bridgehead atoms. The van der Waals surface area contributed by atoms with Crippen molar-refractivity contribution in [3.05, 3.63) is 59.9 Å². The van der Waals surface area contributed by atoms with Crippen LogP contribution >= 0.6 is 0 Å². The third kappa shape index (κ3) is 4.34. The number of hydrogen-bond donors (Lipinski definition) is 3. The third-order valence-electron chi connectivity index (χ3n) is 8.14. The summed E-state index contributed by atoms with van der Waals surface area (Å²) in [5.74, 6) is 1.45. The molecule has 32 heavy (non-hydrogen) atoms. The first-order chi connectivity index (χ1) is 15.5. The molecule has 4 saturated heterocycles. The van der Waals surface area contributed by atoms with Gasteiger partial charge in [0.15, 0.2) is 0 Å². The molecule has 5 aliphatic heterocycles. The smallest absolute Gasteiger partial charge is 0.102 e. The van der Waals surface area contributed by atoms with Gasteiger partial charge in [0.1, 0.15) is 11.9 Å². The number of piperidine rings is 3. The molecule has 1 aromatic rings. The maximum absolute atomic E-state index is 11.6. The van der Waals surface area contributed by atoms with Crippen LogP contribution in [0.5, 0.6) is 0 Å². The number of dihydropyridines is 1. The fourth-order valence-electron chi connectivity index (χ4n) is 6.20. The predicted octanol–water partition coefficient (Wildman–Crippen LogP) is 1.90. The van der Waals surface area contributed by atoms with Gasteiger partial charge in [-0.1, -0.05) is 42.5 Å². The molecule has 6 heteroatoms. The number of likely N-dealkylation sites (tertiary alicyclic amines) is 1. The van der Waals surface area contributed by atoms with Crippen molar-refractivity contribution >= 4 is 0 Å². The molecule has 0 amide bonds. The molecular formula is C26H37N3O3. The van der Waals surface area contributed by atoms with E-state index in [2.05, 4.69) is 63.7 Å². The van der Waals surface area contributed by atoms with E-state index in [1.807, 2.05) is 0 Å². The Labute approximate surface area is 191 Å². The zero-order chi connectivity index (χ0) is 22.2. The molecule has 0 radical (unpaired) electrons. The summed E-state index contributed by atoms with van der Waals surface area (Å²) in [5.41, 5.74) is 0.411. The second-order valence-corrected chi connectivity index (χ2v) is 10.3. The van der Waals surface area contributed by atoms with Crippen molar-refractivity contribution in [3.63, 3.8) is 0 Å². The Bertz CT molecular complexity index is 851. The minimum absolute atomic E-state index is 0.167. The molecule has 6 rings (SSSR count). The van der Waals surface area contributed by atoms with Crippen LogP contribution in [0, 0.1) is 5.92 Å². The SMILES string of the molecule is CO[C@@H]1CN(C2=CC=CC(CC[C@@]3(O)CN4CCC3CC4)(Cc3ccccc3)N2)C[C@H]1O. The summed E-state index contributed by atoms with van der Waals surface area (Å²) in [6, 6.07) is 10.6. The summed E-state index contributed by atoms with van der Waals surface area (Å²) in [6.45, 7) is 4.30. The maximum Gasteiger partial charge on any atom is 0.102 e. The summed E-state index contributed by atoms with van der Waals surface area (Å²) in [5, 5.41) is 25.8. The minimum Gasteiger partial charge on any atom is -0.388 e. The minimum atomic E-state index is -0.595. The van der Waals surface area contributed by atoms with E-state index in [0.29, 0.717) is 19.0 Å². The lowest BCUT2D eigenvalue weighted by molar-refractivity contribution is -0.119. The molecule has 0 saturated carbocycles. The van der Waals surface area contributed by atoms with Crippen LogP contribution in [0.4, 0.5) is 0 Å². The Balaban J connectivity index is 1.35. The largest absolute Gasteiger partial charge is 0.388 e. The molecule has 4 atom stereocenters. The molecular weight excluding hydrogens is 402 g/mol. The molecule has 174 valence electrons. The quantitative estimate of drug-likeness (QED) is 0.603. The van der Waals surface area contributed by atoms with Gasteiger partial charge in [-0.05, 0) is 62.8 Å². The Kier molecular flexibility index (Phi) is 6.05. The fraction of sp³-hybridized carbons (Fsp3) is 0.615. The lowest BCUT2D eigenvalue weighted by Gasteiger charge is -2.51. The molecule has 0 spiro atoms. The van der Waals surface area contributed by atoms with Gasteiger partial charge >= 0.3 is 0 Å². The van der Waals surface area contributed by atoms with Gasteiger partial charge in [-0.2, -0.15) is 0 Å². The molecule has 4 fully saturated rings. The van der Waals surface area contributed by atoms with Crippen molar-refractivity contribution in [2.24, 2.45) is 5.92 Å². The standard InChI is InChI=1S/C26H37N3O3/c1-32-23-18-29(17-22(23)30)24-8-5-11-25(27-24,16-20-6-3-2-4-7-20)12-13-26(31)19-28-14-9-21(26)10-15-28/h2-8,11,21-23,27,30-31H,9-10,12-19H2,1H3/t22-,23-,25?,26-/m1/s1. The maximum atomic E-state index is 11.6. The first kappa shape index (κ1) is 22.0. The number of ether oxygens (including phenoxy) is 1. The third-order valence-corrected chi connectivity index (χ3v) is 8.14. The van der Waals surface area contributed by atoms with E-state index < -0.39 is 11.7 Å². The second kappa shape index (κ2) is 8.82. The number of hydrogen-bond acceptors (Lipinski definition) is 6. The van der Waals surface area contributed by atoms with Crippen molar-refractivity contribution in [2.45, 2.75) is 55.5 Å². The molecule has 6 nitrogen and oxygen atoms in total. The summed E-state index contributed by atoms with van der Waals surface area (Å²) in [7, 11) is 1.66. The number of nitrogens with zero attached hydrogens (tertiary/aromatic N) is 2. The van der Waals surface area contributed by atoms with Gasteiger partial charge < -0.3 is 30.1 Å². The van der Waals surface area contributed by atoms with Crippen LogP contribution in [-0.4, -0.2) is 83.2 Å². The molecule has 1 unspecified atom stereocenters. The van der Waals surface area contributed by atoms with E-state index in [4.69, 9.17) is 4.74 Å². The van der Waals surface area contributed by atoms with E-state index in [1.54, 1.807) is 7.11 Å². The molecule has 0 aliphatic carbocycles. The molecule has 1 aromatic carbocycles. The molecule has 0 aromatic heterocycles. The highest BCUT2D eigenvalue weighted by Gasteiger charge is 2.46. The number of rotatable bonds is 7. The fourth-order valence-corrected chi connectivity index (χ4v) is 6.20. The van der Waals surface area contributed by atoms with Gasteiger partial charge in [0.05, 0.1) is 17.2 Å². The van der Waals surface area contributed by atoms with E-state index in [0.717, 1.165) is 57.6 Å². The molecule has 5 heterocycles. The zero-order valence-corrected chi connectivity index (χ0v) is 19.1. The van der Waals surface area contributed by atoms with Gasteiger partial charge in [0.2, 0.25) is 0 Å².